The van der Waals surface area contributed by atoms with Crippen LogP contribution in [0.3, 0.4) is 0 Å². The van der Waals surface area contributed by atoms with E-state index in [2.05, 4.69) is 11.4 Å². The largest absolute Gasteiger partial charge is 0.393 e. The molecule has 20 heavy (non-hydrogen) atoms. The minimum absolute atomic E-state index is 0.0310. The predicted octanol–water partition coefficient (Wildman–Crippen LogP) is 2.94. The van der Waals surface area contributed by atoms with Crippen LogP contribution < -0.4 is 5.73 Å². The fraction of sp³-hybridized carbons (Fsp3) is 0.600. The van der Waals surface area contributed by atoms with E-state index in [4.69, 9.17) is 18.0 Å². The van der Waals surface area contributed by atoms with Crippen LogP contribution >= 0.6 is 23.6 Å². The molecule has 5 heteroatoms. The van der Waals surface area contributed by atoms with Gasteiger partial charge in [-0.15, -0.1) is 11.3 Å². The Kier molecular flexibility index (Phi) is 5.16. The molecule has 1 aliphatic rings. The average molecular weight is 310 g/mol. The van der Waals surface area contributed by atoms with Gasteiger partial charge in [0.1, 0.15) is 0 Å². The van der Waals surface area contributed by atoms with Gasteiger partial charge < -0.3 is 10.6 Å². The number of thiocarbonyl (C=S) groups is 1. The summed E-state index contributed by atoms with van der Waals surface area (Å²) in [5.74, 6) is 0.331. The van der Waals surface area contributed by atoms with E-state index in [1.165, 1.54) is 10.4 Å². The van der Waals surface area contributed by atoms with E-state index in [9.17, 15) is 4.79 Å². The van der Waals surface area contributed by atoms with E-state index in [1.807, 2.05) is 18.7 Å². The number of amides is 1. The maximum absolute atomic E-state index is 12.8. The van der Waals surface area contributed by atoms with E-state index >= 15 is 0 Å². The quantitative estimate of drug-likeness (QED) is 0.851. The van der Waals surface area contributed by atoms with Crippen LogP contribution in [-0.2, 0) is 11.2 Å². The number of nitrogens with two attached hydrogens (primary N) is 1. The molecule has 0 spiro atoms. The fourth-order valence-electron chi connectivity index (χ4n) is 2.76. The van der Waals surface area contributed by atoms with E-state index in [0.717, 1.165) is 19.3 Å². The van der Waals surface area contributed by atoms with Crippen molar-refractivity contribution in [1.29, 1.82) is 0 Å². The third-order valence-electron chi connectivity index (χ3n) is 4.02. The Morgan fingerprint density at radius 2 is 2.40 bits per heavy atom. The smallest absolute Gasteiger partial charge is 0.230 e. The lowest BCUT2D eigenvalue weighted by Crippen LogP contribution is -2.41. The van der Waals surface area contributed by atoms with Gasteiger partial charge in [0.2, 0.25) is 5.91 Å². The highest BCUT2D eigenvalue weighted by atomic mass is 32.1. The Balaban J connectivity index is 2.12. The summed E-state index contributed by atoms with van der Waals surface area (Å²) in [5, 5.41) is 2.10. The molecule has 0 saturated carbocycles. The van der Waals surface area contributed by atoms with E-state index < -0.39 is 0 Å². The maximum atomic E-state index is 12.8. The van der Waals surface area contributed by atoms with Gasteiger partial charge in [-0.3, -0.25) is 4.79 Å². The number of aryl methyl sites for hydroxylation is 1. The van der Waals surface area contributed by atoms with Crippen molar-refractivity contribution < 1.29 is 4.79 Å². The summed E-state index contributed by atoms with van der Waals surface area (Å²) < 4.78 is 0. The zero-order chi connectivity index (χ0) is 14.7. The van der Waals surface area contributed by atoms with Crippen LogP contribution in [0, 0.1) is 5.92 Å². The summed E-state index contributed by atoms with van der Waals surface area (Å²) in [4.78, 5) is 16.6. The minimum atomic E-state index is 0.0310. The van der Waals surface area contributed by atoms with E-state index in [0.29, 0.717) is 18.1 Å². The normalized spacial score (nSPS) is 19.2. The van der Waals surface area contributed by atoms with Crippen LogP contribution in [0.1, 0.15) is 43.0 Å². The Morgan fingerprint density at radius 3 is 3.05 bits per heavy atom. The van der Waals surface area contributed by atoms with Gasteiger partial charge in [0, 0.05) is 23.9 Å². The van der Waals surface area contributed by atoms with Gasteiger partial charge in [0.05, 0.1) is 10.9 Å². The van der Waals surface area contributed by atoms with Crippen molar-refractivity contribution >= 4 is 34.5 Å². The van der Waals surface area contributed by atoms with Gasteiger partial charge in [0.25, 0.3) is 0 Å². The number of carbonyl (C=O) groups excluding carboxylic acids is 1. The van der Waals surface area contributed by atoms with Crippen molar-refractivity contribution in [3.05, 3.63) is 21.9 Å². The first-order chi connectivity index (χ1) is 9.54. The SMILES string of the molecule is CCN(CC(C)C(N)=S)C(=O)C1CCCc2sccc21. The first-order valence-electron chi connectivity index (χ1n) is 7.19. The van der Waals surface area contributed by atoms with Crippen LogP contribution in [0.5, 0.6) is 0 Å². The number of thiophene rings is 1. The van der Waals surface area contributed by atoms with Crippen molar-refractivity contribution in [1.82, 2.24) is 4.90 Å². The Bertz CT molecular complexity index is 498. The summed E-state index contributed by atoms with van der Waals surface area (Å²) in [6.45, 7) is 5.33. The Labute approximate surface area is 130 Å². The van der Waals surface area contributed by atoms with Gasteiger partial charge in [0.15, 0.2) is 0 Å². The van der Waals surface area contributed by atoms with Gasteiger partial charge in [-0.05, 0) is 43.2 Å². The van der Waals surface area contributed by atoms with Crippen LogP contribution in [-0.4, -0.2) is 28.9 Å². The Morgan fingerprint density at radius 1 is 1.65 bits per heavy atom. The number of rotatable bonds is 5. The molecule has 2 unspecified atom stereocenters. The summed E-state index contributed by atoms with van der Waals surface area (Å²) in [6, 6.07) is 2.12. The van der Waals surface area contributed by atoms with Crippen molar-refractivity contribution in [2.24, 2.45) is 11.7 Å². The second-order valence-corrected chi connectivity index (χ2v) is 6.90. The molecule has 1 amide bonds. The predicted molar refractivity (Wildman–Crippen MR) is 88.2 cm³/mol. The summed E-state index contributed by atoms with van der Waals surface area (Å²) in [7, 11) is 0. The molecule has 0 aliphatic heterocycles. The highest BCUT2D eigenvalue weighted by Crippen LogP contribution is 2.36. The highest BCUT2D eigenvalue weighted by Gasteiger charge is 2.30. The monoisotopic (exact) mass is 310 g/mol. The van der Waals surface area contributed by atoms with Crippen molar-refractivity contribution in [3.8, 4) is 0 Å². The molecule has 1 aromatic heterocycles. The topological polar surface area (TPSA) is 46.3 Å². The zero-order valence-corrected chi connectivity index (χ0v) is 13.7. The molecule has 0 fully saturated rings. The minimum Gasteiger partial charge on any atom is -0.393 e. The second kappa shape index (κ2) is 6.68. The van der Waals surface area contributed by atoms with Gasteiger partial charge >= 0.3 is 0 Å². The first kappa shape index (κ1) is 15.4. The number of nitrogens with zero attached hydrogens (tertiary/aromatic N) is 1. The highest BCUT2D eigenvalue weighted by molar-refractivity contribution is 7.80. The molecule has 1 aliphatic carbocycles. The number of hydrogen-bond donors (Lipinski definition) is 1. The molecular weight excluding hydrogens is 288 g/mol. The molecule has 2 atom stereocenters. The first-order valence-corrected chi connectivity index (χ1v) is 8.47. The molecule has 0 radical (unpaired) electrons. The molecule has 3 nitrogen and oxygen atoms in total. The van der Waals surface area contributed by atoms with Crippen LogP contribution in [0.2, 0.25) is 0 Å². The zero-order valence-electron chi connectivity index (χ0n) is 12.1. The number of carbonyl (C=O) groups is 1. The lowest BCUT2D eigenvalue weighted by atomic mass is 9.86. The molecule has 1 aromatic rings. The number of hydrogen-bond acceptors (Lipinski definition) is 3. The molecule has 2 rings (SSSR count). The number of likely N-dealkylation sites (N-methyl/N-ethyl adjacent to an activating group) is 1. The summed E-state index contributed by atoms with van der Waals surface area (Å²) >= 11 is 6.79. The molecule has 0 saturated heterocycles. The fourth-order valence-corrected chi connectivity index (χ4v) is 3.82. The van der Waals surface area contributed by atoms with E-state index in [1.54, 1.807) is 11.3 Å². The van der Waals surface area contributed by atoms with Crippen molar-refractivity contribution in [2.45, 2.75) is 39.0 Å². The van der Waals surface area contributed by atoms with Gasteiger partial charge in [-0.25, -0.2) is 0 Å². The number of fused-ring (bicyclic) bond motifs is 1. The summed E-state index contributed by atoms with van der Waals surface area (Å²) in [6.07, 6.45) is 3.18. The standard InChI is InChI=1S/C15H22N2OS2/c1-3-17(9-10(2)14(16)19)15(18)12-5-4-6-13-11(12)7-8-20-13/h7-8,10,12H,3-6,9H2,1-2H3,(H2,16,19). The molecular formula is C15H22N2OS2. The Hall–Kier alpha value is -0.940. The van der Waals surface area contributed by atoms with Crippen LogP contribution in [0.15, 0.2) is 11.4 Å². The summed E-state index contributed by atoms with van der Waals surface area (Å²) in [5.41, 5.74) is 6.92. The molecule has 0 bridgehead atoms. The van der Waals surface area contributed by atoms with E-state index in [-0.39, 0.29) is 17.7 Å². The van der Waals surface area contributed by atoms with Gasteiger partial charge in [-0.1, -0.05) is 19.1 Å². The second-order valence-electron chi connectivity index (χ2n) is 5.42. The van der Waals surface area contributed by atoms with Gasteiger partial charge in [-0.2, -0.15) is 0 Å². The van der Waals surface area contributed by atoms with Crippen LogP contribution in [0.4, 0.5) is 0 Å². The molecule has 0 aromatic carbocycles. The van der Waals surface area contributed by atoms with Crippen molar-refractivity contribution in [2.75, 3.05) is 13.1 Å². The third kappa shape index (κ3) is 3.20. The van der Waals surface area contributed by atoms with Crippen LogP contribution in [0.25, 0.3) is 0 Å². The third-order valence-corrected chi connectivity index (χ3v) is 5.42. The molecule has 1 heterocycles. The lowest BCUT2D eigenvalue weighted by molar-refractivity contribution is -0.133. The lowest BCUT2D eigenvalue weighted by Gasteiger charge is -2.30. The average Bonchev–Trinajstić information content (AvgIpc) is 2.91. The van der Waals surface area contributed by atoms with Crippen molar-refractivity contribution in [3.63, 3.8) is 0 Å². The molecule has 110 valence electrons. The maximum Gasteiger partial charge on any atom is 0.230 e. The molecule has 2 N–H and O–H groups in total.